The van der Waals surface area contributed by atoms with Crippen LogP contribution in [0, 0.1) is 5.92 Å². The van der Waals surface area contributed by atoms with Crippen LogP contribution in [-0.4, -0.2) is 22.2 Å². The van der Waals surface area contributed by atoms with Gasteiger partial charge in [-0.05, 0) is 25.0 Å². The molecule has 2 atom stereocenters. The van der Waals surface area contributed by atoms with Gasteiger partial charge in [-0.2, -0.15) is 0 Å². The number of nitrogens with one attached hydrogen (secondary N) is 1. The number of hydrogen-bond acceptors (Lipinski definition) is 3. The molecule has 1 amide bonds. The Labute approximate surface area is 136 Å². The van der Waals surface area contributed by atoms with E-state index in [2.05, 4.69) is 12.2 Å². The van der Waals surface area contributed by atoms with Crippen LogP contribution in [0.5, 0.6) is 0 Å². The summed E-state index contributed by atoms with van der Waals surface area (Å²) in [7, 11) is 0. The molecule has 1 aromatic carbocycles. The van der Waals surface area contributed by atoms with E-state index in [-0.39, 0.29) is 11.8 Å². The average molecular weight is 323 g/mol. The summed E-state index contributed by atoms with van der Waals surface area (Å²) in [6, 6.07) is 7.39. The summed E-state index contributed by atoms with van der Waals surface area (Å²) in [5, 5.41) is 11.7. The van der Waals surface area contributed by atoms with E-state index < -0.39 is 11.2 Å². The van der Waals surface area contributed by atoms with Crippen molar-refractivity contribution < 1.29 is 14.7 Å². The largest absolute Gasteiger partial charge is 0.480 e. The first-order valence-corrected chi connectivity index (χ1v) is 8.66. The van der Waals surface area contributed by atoms with Crippen LogP contribution in [0.3, 0.4) is 0 Å². The maximum Gasteiger partial charge on any atom is 0.316 e. The van der Waals surface area contributed by atoms with Crippen LogP contribution in [0.15, 0.2) is 29.2 Å². The Morgan fingerprint density at radius 2 is 1.82 bits per heavy atom. The third-order valence-corrected chi connectivity index (χ3v) is 4.74. The summed E-state index contributed by atoms with van der Waals surface area (Å²) in [4.78, 5) is 24.3. The molecule has 0 bridgehead atoms. The van der Waals surface area contributed by atoms with Gasteiger partial charge in [-0.1, -0.05) is 45.7 Å². The van der Waals surface area contributed by atoms with Crippen molar-refractivity contribution >= 4 is 29.3 Å². The summed E-state index contributed by atoms with van der Waals surface area (Å²) in [5.74, 6) is -0.876. The second-order valence-corrected chi connectivity index (χ2v) is 6.65. The molecular weight excluding hydrogens is 298 g/mol. The number of carboxylic acids is 1. The molecule has 22 heavy (non-hydrogen) atoms. The number of carbonyl (C=O) groups is 2. The number of rotatable bonds is 9. The molecule has 0 aliphatic heterocycles. The summed E-state index contributed by atoms with van der Waals surface area (Å²) in [6.07, 6.45) is 3.22. The number of aliphatic carboxylic acids is 1. The Hall–Kier alpha value is -1.49. The summed E-state index contributed by atoms with van der Waals surface area (Å²) in [6.45, 7) is 5.93. The normalized spacial score (nSPS) is 13.4. The van der Waals surface area contributed by atoms with Crippen molar-refractivity contribution in [3.05, 3.63) is 24.3 Å². The van der Waals surface area contributed by atoms with Crippen LogP contribution >= 0.6 is 11.8 Å². The summed E-state index contributed by atoms with van der Waals surface area (Å²) in [5.41, 5.74) is 0.697. The molecule has 5 heteroatoms. The van der Waals surface area contributed by atoms with E-state index in [4.69, 9.17) is 0 Å². The second-order valence-electron chi connectivity index (χ2n) is 5.41. The van der Waals surface area contributed by atoms with Crippen molar-refractivity contribution in [1.82, 2.24) is 0 Å². The minimum Gasteiger partial charge on any atom is -0.480 e. The minimum atomic E-state index is -0.813. The van der Waals surface area contributed by atoms with Crippen LogP contribution in [0.1, 0.15) is 46.5 Å². The monoisotopic (exact) mass is 323 g/mol. The molecule has 0 fully saturated rings. The summed E-state index contributed by atoms with van der Waals surface area (Å²) >= 11 is 1.30. The fraction of sp³-hybridized carbons (Fsp3) is 0.529. The smallest absolute Gasteiger partial charge is 0.316 e. The van der Waals surface area contributed by atoms with Crippen molar-refractivity contribution in [3.63, 3.8) is 0 Å². The number of thioether (sulfide) groups is 1. The van der Waals surface area contributed by atoms with Crippen molar-refractivity contribution in [1.29, 1.82) is 0 Å². The fourth-order valence-electron chi connectivity index (χ4n) is 2.14. The van der Waals surface area contributed by atoms with E-state index in [0.29, 0.717) is 12.1 Å². The zero-order valence-corrected chi connectivity index (χ0v) is 14.3. The second kappa shape index (κ2) is 9.51. The molecule has 1 rings (SSSR count). The highest BCUT2D eigenvalue weighted by molar-refractivity contribution is 8.00. The van der Waals surface area contributed by atoms with Gasteiger partial charge < -0.3 is 10.4 Å². The lowest BCUT2D eigenvalue weighted by atomic mass is 10.1. The van der Waals surface area contributed by atoms with Crippen LogP contribution in [0.2, 0.25) is 0 Å². The van der Waals surface area contributed by atoms with Gasteiger partial charge in [-0.15, -0.1) is 11.8 Å². The molecule has 0 unspecified atom stereocenters. The molecule has 0 spiro atoms. The molecular formula is C17H25NO3S. The SMILES string of the molecule is CCC[C@H](Sc1ccccc1NC(=O)[C@@H](C)CCC)C(=O)O. The highest BCUT2D eigenvalue weighted by Gasteiger charge is 2.20. The first-order chi connectivity index (χ1) is 10.5. The zero-order chi connectivity index (χ0) is 16.5. The quantitative estimate of drug-likeness (QED) is 0.661. The molecule has 0 saturated carbocycles. The topological polar surface area (TPSA) is 66.4 Å². The number of hydrogen-bond donors (Lipinski definition) is 2. The van der Waals surface area contributed by atoms with E-state index in [9.17, 15) is 14.7 Å². The molecule has 0 heterocycles. The number of benzene rings is 1. The number of carboxylic acid groups (broad SMARTS) is 1. The van der Waals surface area contributed by atoms with Gasteiger partial charge in [-0.25, -0.2) is 0 Å². The predicted molar refractivity (Wildman–Crippen MR) is 91.3 cm³/mol. The molecule has 122 valence electrons. The first-order valence-electron chi connectivity index (χ1n) is 7.78. The number of amides is 1. The van der Waals surface area contributed by atoms with Gasteiger partial charge in [0.2, 0.25) is 5.91 Å². The van der Waals surface area contributed by atoms with Crippen molar-refractivity contribution in [2.24, 2.45) is 5.92 Å². The van der Waals surface area contributed by atoms with Crippen molar-refractivity contribution in [3.8, 4) is 0 Å². The van der Waals surface area contributed by atoms with Crippen molar-refractivity contribution in [2.45, 2.75) is 56.6 Å². The minimum absolute atomic E-state index is 0.0164. The van der Waals surface area contributed by atoms with E-state index in [0.717, 1.165) is 24.2 Å². The number of anilines is 1. The zero-order valence-electron chi connectivity index (χ0n) is 13.5. The van der Waals surface area contributed by atoms with E-state index in [1.165, 1.54) is 11.8 Å². The van der Waals surface area contributed by atoms with Gasteiger partial charge in [0.25, 0.3) is 0 Å². The van der Waals surface area contributed by atoms with Crippen molar-refractivity contribution in [2.75, 3.05) is 5.32 Å². The van der Waals surface area contributed by atoms with Crippen LogP contribution in [0.4, 0.5) is 5.69 Å². The Balaban J connectivity index is 2.85. The molecule has 0 aliphatic carbocycles. The molecule has 0 aliphatic rings. The molecule has 0 aromatic heterocycles. The lowest BCUT2D eigenvalue weighted by Gasteiger charge is -2.16. The number of para-hydroxylation sites is 1. The summed E-state index contributed by atoms with van der Waals surface area (Å²) < 4.78 is 0. The highest BCUT2D eigenvalue weighted by Crippen LogP contribution is 2.32. The van der Waals surface area contributed by atoms with Gasteiger partial charge in [0, 0.05) is 10.8 Å². The van der Waals surface area contributed by atoms with Gasteiger partial charge >= 0.3 is 5.97 Å². The van der Waals surface area contributed by atoms with Gasteiger partial charge in [0.05, 0.1) is 5.69 Å². The number of carbonyl (C=O) groups excluding carboxylic acids is 1. The van der Waals surface area contributed by atoms with Gasteiger partial charge in [-0.3, -0.25) is 9.59 Å². The third kappa shape index (κ3) is 5.72. The van der Waals surface area contributed by atoms with E-state index in [1.807, 2.05) is 38.1 Å². The lowest BCUT2D eigenvalue weighted by molar-refractivity contribution is -0.136. The molecule has 0 saturated heterocycles. The maximum absolute atomic E-state index is 12.2. The Kier molecular flexibility index (Phi) is 8.02. The highest BCUT2D eigenvalue weighted by atomic mass is 32.2. The van der Waals surface area contributed by atoms with E-state index >= 15 is 0 Å². The standard InChI is InChI=1S/C17H25NO3S/c1-4-8-12(3)16(19)18-13-10-6-7-11-14(13)22-15(9-5-2)17(20)21/h6-7,10-12,15H,4-5,8-9H2,1-3H3,(H,18,19)(H,20,21)/t12-,15-/m0/s1. The third-order valence-electron chi connectivity index (χ3n) is 3.41. The Morgan fingerprint density at radius 1 is 1.18 bits per heavy atom. The van der Waals surface area contributed by atoms with Crippen LogP contribution in [0.25, 0.3) is 0 Å². The molecule has 1 aromatic rings. The van der Waals surface area contributed by atoms with Crippen LogP contribution in [-0.2, 0) is 9.59 Å². The van der Waals surface area contributed by atoms with Crippen LogP contribution < -0.4 is 5.32 Å². The van der Waals surface area contributed by atoms with Gasteiger partial charge in [0.1, 0.15) is 5.25 Å². The lowest BCUT2D eigenvalue weighted by Crippen LogP contribution is -2.21. The maximum atomic E-state index is 12.2. The molecule has 0 radical (unpaired) electrons. The average Bonchev–Trinajstić information content (AvgIpc) is 2.48. The fourth-order valence-corrected chi connectivity index (χ4v) is 3.31. The predicted octanol–water partition coefficient (Wildman–Crippen LogP) is 4.41. The molecule has 2 N–H and O–H groups in total. The molecule has 4 nitrogen and oxygen atoms in total. The first kappa shape index (κ1) is 18.6. The van der Waals surface area contributed by atoms with Gasteiger partial charge in [0.15, 0.2) is 0 Å². The Morgan fingerprint density at radius 3 is 2.41 bits per heavy atom. The van der Waals surface area contributed by atoms with E-state index in [1.54, 1.807) is 0 Å². The Bertz CT molecular complexity index is 504.